The third-order valence-corrected chi connectivity index (χ3v) is 5.61. The summed E-state index contributed by atoms with van der Waals surface area (Å²) in [7, 11) is 2.96. The molecule has 1 aromatic heterocycles. The number of hydrogen-bond acceptors (Lipinski definition) is 5. The van der Waals surface area contributed by atoms with Gasteiger partial charge in [-0.3, -0.25) is 4.79 Å². The summed E-state index contributed by atoms with van der Waals surface area (Å²) in [6.07, 6.45) is 1.41. The molecule has 30 heavy (non-hydrogen) atoms. The highest BCUT2D eigenvalue weighted by Gasteiger charge is 2.34. The van der Waals surface area contributed by atoms with Crippen LogP contribution in [0.3, 0.4) is 0 Å². The molecule has 0 saturated carbocycles. The zero-order valence-corrected chi connectivity index (χ0v) is 17.0. The minimum atomic E-state index is -0.467. The molecular weight excluding hydrogens is 384 g/mol. The topological polar surface area (TPSA) is 92.8 Å². The van der Waals surface area contributed by atoms with Crippen molar-refractivity contribution < 1.29 is 23.8 Å². The van der Waals surface area contributed by atoms with Crippen molar-refractivity contribution in [3.8, 4) is 11.5 Å². The number of benzene rings is 2. The number of carbonyl (C=O) groups is 2. The summed E-state index contributed by atoms with van der Waals surface area (Å²) >= 11 is 0. The molecule has 0 saturated heterocycles. The molecule has 0 aliphatic heterocycles. The molecule has 1 amide bonds. The van der Waals surface area contributed by atoms with E-state index in [0.717, 1.165) is 39.9 Å². The van der Waals surface area contributed by atoms with Gasteiger partial charge in [0.25, 0.3) is 0 Å². The highest BCUT2D eigenvalue weighted by atomic mass is 16.6. The summed E-state index contributed by atoms with van der Waals surface area (Å²) in [6.45, 7) is 0.418. The van der Waals surface area contributed by atoms with Gasteiger partial charge in [-0.2, -0.15) is 0 Å². The fourth-order valence-electron chi connectivity index (χ4n) is 4.26. The molecule has 2 N–H and O–H groups in total. The van der Waals surface area contributed by atoms with E-state index in [0.29, 0.717) is 18.7 Å². The van der Waals surface area contributed by atoms with Crippen molar-refractivity contribution in [1.29, 1.82) is 0 Å². The number of aromatic nitrogens is 1. The molecule has 0 spiro atoms. The molecular formula is C23H24N2O5. The van der Waals surface area contributed by atoms with Crippen LogP contribution in [0.1, 0.15) is 29.2 Å². The Bertz CT molecular complexity index is 1120. The van der Waals surface area contributed by atoms with Gasteiger partial charge in [-0.15, -0.1) is 0 Å². The van der Waals surface area contributed by atoms with E-state index in [9.17, 15) is 9.59 Å². The normalized spacial score (nSPS) is 15.1. The number of rotatable bonds is 7. The zero-order chi connectivity index (χ0) is 21.3. The number of hydrogen-bond donors (Lipinski definition) is 1. The molecule has 4 rings (SSSR count). The molecule has 156 valence electrons. The van der Waals surface area contributed by atoms with Crippen molar-refractivity contribution in [2.75, 3.05) is 20.8 Å². The Balaban J connectivity index is 1.85. The largest absolute Gasteiger partial charge is 0.497 e. The number of esters is 1. The Morgan fingerprint density at radius 2 is 1.97 bits per heavy atom. The Kier molecular flexibility index (Phi) is 5.35. The summed E-state index contributed by atoms with van der Waals surface area (Å²) < 4.78 is 18.0. The van der Waals surface area contributed by atoms with Gasteiger partial charge >= 0.3 is 5.97 Å². The van der Waals surface area contributed by atoms with E-state index in [1.165, 1.54) is 7.11 Å². The molecule has 7 nitrogen and oxygen atoms in total. The molecule has 7 heteroatoms. The zero-order valence-electron chi connectivity index (χ0n) is 17.0. The van der Waals surface area contributed by atoms with Crippen molar-refractivity contribution >= 4 is 22.8 Å². The minimum Gasteiger partial charge on any atom is -0.497 e. The van der Waals surface area contributed by atoms with Crippen LogP contribution in [0.25, 0.3) is 10.9 Å². The second-order valence-electron chi connectivity index (χ2n) is 7.31. The first-order valence-corrected chi connectivity index (χ1v) is 9.79. The predicted octanol–water partition coefficient (Wildman–Crippen LogP) is 2.77. The maximum atomic E-state index is 12.2. The van der Waals surface area contributed by atoms with Crippen LogP contribution in [0.4, 0.5) is 0 Å². The second-order valence-corrected chi connectivity index (χ2v) is 7.31. The standard InChI is InChI=1S/C23H24N2O5/c1-28-15-6-3-5-14(11-15)12-25-17-7-4-8-19(30-13-20(26)29-2)22(17)21-16(23(24)27)9-10-18(21)25/h3-8,11,16H,9-10,12-13H2,1-2H3,(H2,24,27). The third kappa shape index (κ3) is 3.47. The van der Waals surface area contributed by atoms with Gasteiger partial charge in [-0.1, -0.05) is 18.2 Å². The third-order valence-electron chi connectivity index (χ3n) is 5.61. The molecule has 1 heterocycles. The van der Waals surface area contributed by atoms with Crippen LogP contribution < -0.4 is 15.2 Å². The van der Waals surface area contributed by atoms with Gasteiger partial charge in [-0.05, 0) is 48.2 Å². The van der Waals surface area contributed by atoms with E-state index < -0.39 is 5.97 Å². The van der Waals surface area contributed by atoms with Crippen LogP contribution >= 0.6 is 0 Å². The first-order valence-electron chi connectivity index (χ1n) is 9.79. The van der Waals surface area contributed by atoms with Gasteiger partial charge in [0.2, 0.25) is 5.91 Å². The van der Waals surface area contributed by atoms with Crippen LogP contribution in [0.5, 0.6) is 11.5 Å². The molecule has 2 aromatic carbocycles. The fourth-order valence-corrected chi connectivity index (χ4v) is 4.26. The highest BCUT2D eigenvalue weighted by molar-refractivity contribution is 5.97. The number of methoxy groups -OCH3 is 2. The lowest BCUT2D eigenvalue weighted by molar-refractivity contribution is -0.142. The lowest BCUT2D eigenvalue weighted by atomic mass is 9.99. The van der Waals surface area contributed by atoms with Crippen molar-refractivity contribution in [2.24, 2.45) is 5.73 Å². The lowest BCUT2D eigenvalue weighted by Crippen LogP contribution is -2.19. The average Bonchev–Trinajstić information content (AvgIpc) is 3.32. The summed E-state index contributed by atoms with van der Waals surface area (Å²) in [5, 5.41) is 0.834. The van der Waals surface area contributed by atoms with Crippen LogP contribution in [0, 0.1) is 0 Å². The molecule has 3 aromatic rings. The molecule has 0 fully saturated rings. The van der Waals surface area contributed by atoms with Crippen molar-refractivity contribution in [3.63, 3.8) is 0 Å². The Morgan fingerprint density at radius 1 is 1.17 bits per heavy atom. The maximum Gasteiger partial charge on any atom is 0.343 e. The Morgan fingerprint density at radius 3 is 2.70 bits per heavy atom. The first kappa shape index (κ1) is 19.8. The lowest BCUT2D eigenvalue weighted by Gasteiger charge is -2.12. The molecule has 1 aliphatic carbocycles. The molecule has 0 bridgehead atoms. The van der Waals surface area contributed by atoms with Crippen molar-refractivity contribution in [1.82, 2.24) is 4.57 Å². The Labute approximate surface area is 174 Å². The second kappa shape index (κ2) is 8.10. The van der Waals surface area contributed by atoms with Gasteiger partial charge in [0.15, 0.2) is 6.61 Å². The summed E-state index contributed by atoms with van der Waals surface area (Å²) in [6, 6.07) is 13.6. The maximum absolute atomic E-state index is 12.2. The smallest absolute Gasteiger partial charge is 0.343 e. The number of primary amides is 1. The van der Waals surface area contributed by atoms with Gasteiger partial charge < -0.3 is 24.5 Å². The molecule has 1 unspecified atom stereocenters. The van der Waals surface area contributed by atoms with Gasteiger partial charge in [0.05, 0.1) is 25.7 Å². The van der Waals surface area contributed by atoms with E-state index in [1.807, 2.05) is 36.4 Å². The Hall–Kier alpha value is -3.48. The molecule has 1 aliphatic rings. The molecule has 1 atom stereocenters. The van der Waals surface area contributed by atoms with Crippen LogP contribution in [-0.4, -0.2) is 37.3 Å². The number of ether oxygens (including phenoxy) is 3. The van der Waals surface area contributed by atoms with Gasteiger partial charge in [0.1, 0.15) is 11.5 Å². The van der Waals surface area contributed by atoms with Gasteiger partial charge in [0, 0.05) is 17.6 Å². The summed E-state index contributed by atoms with van der Waals surface area (Å²) in [5.41, 5.74) is 9.72. The predicted molar refractivity (Wildman–Crippen MR) is 112 cm³/mol. The first-order chi connectivity index (χ1) is 14.5. The number of nitrogens with two attached hydrogens (primary N) is 1. The highest BCUT2D eigenvalue weighted by Crippen LogP contribution is 2.44. The number of fused-ring (bicyclic) bond motifs is 3. The van der Waals surface area contributed by atoms with E-state index in [-0.39, 0.29) is 18.4 Å². The van der Waals surface area contributed by atoms with E-state index in [4.69, 9.17) is 15.2 Å². The summed E-state index contributed by atoms with van der Waals surface area (Å²) in [5.74, 6) is 0.143. The monoisotopic (exact) mass is 408 g/mol. The van der Waals surface area contributed by atoms with E-state index >= 15 is 0 Å². The summed E-state index contributed by atoms with van der Waals surface area (Å²) in [4.78, 5) is 23.8. The van der Waals surface area contributed by atoms with Crippen LogP contribution in [0.2, 0.25) is 0 Å². The quantitative estimate of drug-likeness (QED) is 0.607. The van der Waals surface area contributed by atoms with Crippen molar-refractivity contribution in [2.45, 2.75) is 25.3 Å². The SMILES string of the molecule is COC(=O)COc1cccc2c1c1c(n2Cc2cccc(OC)c2)CCC1C(N)=O. The average molecular weight is 408 g/mol. The van der Waals surface area contributed by atoms with Crippen LogP contribution in [-0.2, 0) is 27.3 Å². The van der Waals surface area contributed by atoms with Gasteiger partial charge in [-0.25, -0.2) is 4.79 Å². The number of nitrogens with zero attached hydrogens (tertiary/aromatic N) is 1. The number of amides is 1. The van der Waals surface area contributed by atoms with E-state index in [2.05, 4.69) is 9.30 Å². The van der Waals surface area contributed by atoms with E-state index in [1.54, 1.807) is 13.2 Å². The fraction of sp³-hybridized carbons (Fsp3) is 0.304. The minimum absolute atomic E-state index is 0.202. The van der Waals surface area contributed by atoms with Crippen molar-refractivity contribution in [3.05, 3.63) is 59.3 Å². The molecule has 0 radical (unpaired) electrons. The number of carbonyl (C=O) groups excluding carboxylic acids is 2. The van der Waals surface area contributed by atoms with Crippen LogP contribution in [0.15, 0.2) is 42.5 Å².